The van der Waals surface area contributed by atoms with Crippen LogP contribution < -0.4 is 5.19 Å². The lowest BCUT2D eigenvalue weighted by Crippen LogP contribution is -2.25. The summed E-state index contributed by atoms with van der Waals surface area (Å²) in [6.45, 7) is 4.76. The van der Waals surface area contributed by atoms with E-state index in [-0.39, 0.29) is 0 Å². The zero-order valence-electron chi connectivity index (χ0n) is 15.8. The van der Waals surface area contributed by atoms with Crippen LogP contribution in [0.4, 0.5) is 0 Å². The molecule has 0 aliphatic carbocycles. The molecule has 4 aromatic carbocycles. The topological polar surface area (TPSA) is 0 Å². The number of benzene rings is 4. The summed E-state index contributed by atoms with van der Waals surface area (Å²) in [5, 5.41) is 1.49. The molecule has 0 fully saturated rings. The molecule has 0 N–H and O–H groups in total. The Morgan fingerprint density at radius 2 is 0.889 bits per heavy atom. The van der Waals surface area contributed by atoms with Crippen molar-refractivity contribution >= 4 is 14.0 Å². The van der Waals surface area contributed by atoms with Crippen LogP contribution >= 0.6 is 0 Å². The molecule has 1 heteroatoms. The first kappa shape index (κ1) is 17.5. The molecule has 0 aliphatic heterocycles. The van der Waals surface area contributed by atoms with Crippen LogP contribution in [0.5, 0.6) is 0 Å². The van der Waals surface area contributed by atoms with Gasteiger partial charge in [-0.05, 0) is 33.4 Å². The molecule has 0 aliphatic rings. The fourth-order valence-corrected chi connectivity index (χ4v) is 4.87. The minimum Gasteiger partial charge on any atom is -0.0671 e. The summed E-state index contributed by atoms with van der Waals surface area (Å²) in [6.07, 6.45) is 0. The van der Waals surface area contributed by atoms with Gasteiger partial charge in [-0.15, -0.1) is 0 Å². The Balaban J connectivity index is 2.11. The summed E-state index contributed by atoms with van der Waals surface area (Å²) in [4.78, 5) is 0. The largest absolute Gasteiger partial charge is 0.0800 e. The van der Waals surface area contributed by atoms with Crippen molar-refractivity contribution in [3.8, 4) is 33.4 Å². The molecular weight excluding hydrogens is 340 g/mol. The summed E-state index contributed by atoms with van der Waals surface area (Å²) in [6, 6.07) is 37.1. The van der Waals surface area contributed by atoms with E-state index in [2.05, 4.69) is 116 Å². The van der Waals surface area contributed by atoms with Gasteiger partial charge in [0.2, 0.25) is 0 Å². The second-order valence-corrected chi connectivity index (χ2v) is 9.55. The third kappa shape index (κ3) is 3.51. The van der Waals surface area contributed by atoms with E-state index >= 15 is 0 Å². The summed E-state index contributed by atoms with van der Waals surface area (Å²) in [5.41, 5.74) is 7.88. The number of hydrogen-bond donors (Lipinski definition) is 0. The zero-order valence-corrected chi connectivity index (χ0v) is 16.8. The van der Waals surface area contributed by atoms with Gasteiger partial charge >= 0.3 is 0 Å². The quantitative estimate of drug-likeness (QED) is 0.356. The van der Waals surface area contributed by atoms with Gasteiger partial charge in [0, 0.05) is 0 Å². The molecule has 1 radical (unpaired) electrons. The molecule has 0 saturated heterocycles. The number of hydrogen-bond acceptors (Lipinski definition) is 0. The molecule has 0 unspecified atom stereocenters. The van der Waals surface area contributed by atoms with Crippen LogP contribution in [0.3, 0.4) is 0 Å². The van der Waals surface area contributed by atoms with Gasteiger partial charge in [-0.2, -0.15) is 0 Å². The Bertz CT molecular complexity index is 1020. The Morgan fingerprint density at radius 3 is 1.37 bits per heavy atom. The average molecular weight is 364 g/mol. The fourth-order valence-electron chi connectivity index (χ4n) is 3.69. The van der Waals surface area contributed by atoms with E-state index < -0.39 is 8.80 Å². The predicted molar refractivity (Wildman–Crippen MR) is 120 cm³/mol. The molecule has 0 amide bonds. The second-order valence-electron chi connectivity index (χ2n) is 7.01. The third-order valence-electron chi connectivity index (χ3n) is 4.95. The third-order valence-corrected chi connectivity index (χ3v) is 6.45. The van der Waals surface area contributed by atoms with Crippen molar-refractivity contribution in [2.45, 2.75) is 13.1 Å². The van der Waals surface area contributed by atoms with Crippen LogP contribution in [0.15, 0.2) is 103 Å². The molecule has 27 heavy (non-hydrogen) atoms. The van der Waals surface area contributed by atoms with Crippen molar-refractivity contribution < 1.29 is 0 Å². The molecule has 0 heterocycles. The van der Waals surface area contributed by atoms with Crippen molar-refractivity contribution in [2.24, 2.45) is 0 Å². The van der Waals surface area contributed by atoms with Crippen molar-refractivity contribution in [3.05, 3.63) is 103 Å². The van der Waals surface area contributed by atoms with Gasteiger partial charge in [-0.1, -0.05) is 121 Å². The fraction of sp³-hybridized carbons (Fsp3) is 0.0769. The van der Waals surface area contributed by atoms with E-state index in [9.17, 15) is 0 Å². The van der Waals surface area contributed by atoms with Crippen LogP contribution in [0.25, 0.3) is 33.4 Å². The van der Waals surface area contributed by atoms with Crippen LogP contribution in [0, 0.1) is 0 Å². The summed E-state index contributed by atoms with van der Waals surface area (Å²) in [7, 11) is -0.616. The highest BCUT2D eigenvalue weighted by molar-refractivity contribution is 6.72. The van der Waals surface area contributed by atoms with Crippen molar-refractivity contribution in [2.75, 3.05) is 0 Å². The van der Waals surface area contributed by atoms with Gasteiger partial charge in [-0.25, -0.2) is 0 Å². The van der Waals surface area contributed by atoms with Crippen molar-refractivity contribution in [1.82, 2.24) is 0 Å². The molecule has 131 valence electrons. The average Bonchev–Trinajstić information content (AvgIpc) is 2.74. The SMILES string of the molecule is C[Si](C)c1ccc(-c2ccccc2)c(-c2ccccc2)c1-c1ccccc1. The summed E-state index contributed by atoms with van der Waals surface area (Å²) < 4.78 is 0. The lowest BCUT2D eigenvalue weighted by Gasteiger charge is -2.21. The Hall–Kier alpha value is -2.90. The van der Waals surface area contributed by atoms with Gasteiger partial charge in [0.05, 0.1) is 8.80 Å². The van der Waals surface area contributed by atoms with Gasteiger partial charge in [0.1, 0.15) is 0 Å². The molecule has 4 aromatic rings. The zero-order chi connectivity index (χ0) is 18.6. The highest BCUT2D eigenvalue weighted by Crippen LogP contribution is 2.39. The molecular formula is C26H23Si. The van der Waals surface area contributed by atoms with Gasteiger partial charge in [-0.3, -0.25) is 0 Å². The van der Waals surface area contributed by atoms with Gasteiger partial charge < -0.3 is 0 Å². The normalized spacial score (nSPS) is 10.9. The Labute approximate surface area is 163 Å². The van der Waals surface area contributed by atoms with Crippen LogP contribution in [0.2, 0.25) is 13.1 Å². The van der Waals surface area contributed by atoms with E-state index in [0.29, 0.717) is 0 Å². The Morgan fingerprint density at radius 1 is 0.444 bits per heavy atom. The molecule has 0 nitrogen and oxygen atoms in total. The van der Waals surface area contributed by atoms with Gasteiger partial charge in [0.25, 0.3) is 0 Å². The summed E-state index contributed by atoms with van der Waals surface area (Å²) in [5.74, 6) is 0. The van der Waals surface area contributed by atoms with Crippen molar-refractivity contribution in [3.63, 3.8) is 0 Å². The smallest absolute Gasteiger partial charge is 0.0671 e. The van der Waals surface area contributed by atoms with E-state index in [1.54, 1.807) is 0 Å². The van der Waals surface area contributed by atoms with Gasteiger partial charge in [0.15, 0.2) is 0 Å². The predicted octanol–water partition coefficient (Wildman–Crippen LogP) is 6.65. The minimum atomic E-state index is -0.616. The maximum atomic E-state index is 2.38. The standard InChI is InChI=1S/C26H23Si/c1-27(2)24-19-18-23(20-12-6-3-7-13-20)25(21-14-8-4-9-15-21)26(24)22-16-10-5-11-17-22/h3-19H,1-2H3. The molecule has 0 spiro atoms. The molecule has 0 atom stereocenters. The maximum Gasteiger partial charge on any atom is 0.0800 e. The molecule has 0 bridgehead atoms. The first-order chi connectivity index (χ1) is 13.3. The van der Waals surface area contributed by atoms with Crippen LogP contribution in [0.1, 0.15) is 0 Å². The van der Waals surface area contributed by atoms with E-state index in [0.717, 1.165) is 0 Å². The first-order valence-corrected chi connectivity index (χ1v) is 11.9. The summed E-state index contributed by atoms with van der Waals surface area (Å²) >= 11 is 0. The molecule has 4 rings (SSSR count). The highest BCUT2D eigenvalue weighted by Gasteiger charge is 2.19. The first-order valence-electron chi connectivity index (χ1n) is 9.39. The highest BCUT2D eigenvalue weighted by atomic mass is 28.3. The lowest BCUT2D eigenvalue weighted by atomic mass is 9.87. The van der Waals surface area contributed by atoms with E-state index in [1.165, 1.54) is 38.6 Å². The van der Waals surface area contributed by atoms with Crippen LogP contribution in [-0.2, 0) is 0 Å². The lowest BCUT2D eigenvalue weighted by molar-refractivity contribution is 1.57. The molecule has 0 saturated carbocycles. The second kappa shape index (κ2) is 7.77. The number of rotatable bonds is 4. The minimum absolute atomic E-state index is 0.616. The van der Waals surface area contributed by atoms with Crippen molar-refractivity contribution in [1.29, 1.82) is 0 Å². The molecule has 0 aromatic heterocycles. The van der Waals surface area contributed by atoms with E-state index in [4.69, 9.17) is 0 Å². The van der Waals surface area contributed by atoms with Crippen LogP contribution in [-0.4, -0.2) is 8.80 Å². The van der Waals surface area contributed by atoms with E-state index in [1.807, 2.05) is 0 Å². The monoisotopic (exact) mass is 363 g/mol. The Kier molecular flexibility index (Phi) is 5.04. The maximum absolute atomic E-state index is 2.38.